The van der Waals surface area contributed by atoms with Crippen LogP contribution in [0.4, 0.5) is 5.69 Å². The Balaban J connectivity index is 2.03. The molecule has 0 radical (unpaired) electrons. The van der Waals surface area contributed by atoms with E-state index in [-0.39, 0.29) is 0 Å². The highest BCUT2D eigenvalue weighted by molar-refractivity contribution is 5.54. The topological polar surface area (TPSA) is 15.3 Å². The van der Waals surface area contributed by atoms with Crippen molar-refractivity contribution < 1.29 is 0 Å². The van der Waals surface area contributed by atoms with Crippen molar-refractivity contribution >= 4 is 5.69 Å². The van der Waals surface area contributed by atoms with Gasteiger partial charge in [0.1, 0.15) is 0 Å². The summed E-state index contributed by atoms with van der Waals surface area (Å²) >= 11 is 0. The third-order valence-corrected chi connectivity index (χ3v) is 3.82. The molecular formula is C16H26N2. The molecule has 0 aliphatic carbocycles. The number of para-hydroxylation sites is 1. The molecule has 1 fully saturated rings. The zero-order chi connectivity index (χ0) is 12.8. The Morgan fingerprint density at radius 2 is 2.11 bits per heavy atom. The van der Waals surface area contributed by atoms with E-state index < -0.39 is 0 Å². The van der Waals surface area contributed by atoms with Crippen molar-refractivity contribution in [1.29, 1.82) is 0 Å². The maximum atomic E-state index is 3.67. The summed E-state index contributed by atoms with van der Waals surface area (Å²) in [5.74, 6) is 0. The number of piperidine rings is 1. The zero-order valence-electron chi connectivity index (χ0n) is 11.8. The lowest BCUT2D eigenvalue weighted by Gasteiger charge is -2.36. The summed E-state index contributed by atoms with van der Waals surface area (Å²) in [5, 5.41) is 3.67. The van der Waals surface area contributed by atoms with Gasteiger partial charge in [0.05, 0.1) is 0 Å². The molecule has 18 heavy (non-hydrogen) atoms. The summed E-state index contributed by atoms with van der Waals surface area (Å²) in [5.41, 5.74) is 2.93. The number of anilines is 1. The summed E-state index contributed by atoms with van der Waals surface area (Å²) in [6.07, 6.45) is 4.98. The van der Waals surface area contributed by atoms with Crippen molar-refractivity contribution in [3.63, 3.8) is 0 Å². The van der Waals surface area contributed by atoms with E-state index >= 15 is 0 Å². The lowest BCUT2D eigenvalue weighted by Crippen LogP contribution is -2.46. The average Bonchev–Trinajstić information content (AvgIpc) is 2.45. The molecule has 0 bridgehead atoms. The summed E-state index contributed by atoms with van der Waals surface area (Å²) in [4.78, 5) is 2.57. The minimum absolute atomic E-state index is 0.670. The van der Waals surface area contributed by atoms with Gasteiger partial charge in [-0.05, 0) is 43.9 Å². The van der Waals surface area contributed by atoms with Gasteiger partial charge in [-0.3, -0.25) is 0 Å². The standard InChI is InChI=1S/C16H26N2/c1-3-11-17-15-9-7-12-18(13-15)16-10-6-5-8-14(16)4-2/h5-6,8,10,15,17H,3-4,7,9,11-13H2,1-2H3. The zero-order valence-corrected chi connectivity index (χ0v) is 11.8. The number of aryl methyl sites for hydroxylation is 1. The highest BCUT2D eigenvalue weighted by atomic mass is 15.2. The number of rotatable bonds is 5. The van der Waals surface area contributed by atoms with E-state index in [1.54, 1.807) is 0 Å². The molecule has 1 aromatic carbocycles. The van der Waals surface area contributed by atoms with Crippen molar-refractivity contribution in [2.75, 3.05) is 24.5 Å². The summed E-state index contributed by atoms with van der Waals surface area (Å²) in [7, 11) is 0. The molecule has 1 saturated heterocycles. The molecule has 1 N–H and O–H groups in total. The number of hydrogen-bond acceptors (Lipinski definition) is 2. The van der Waals surface area contributed by atoms with Gasteiger partial charge < -0.3 is 10.2 Å². The average molecular weight is 246 g/mol. The molecule has 1 atom stereocenters. The van der Waals surface area contributed by atoms with Crippen LogP contribution < -0.4 is 10.2 Å². The van der Waals surface area contributed by atoms with Gasteiger partial charge in [0.25, 0.3) is 0 Å². The first-order chi connectivity index (χ1) is 8.85. The Morgan fingerprint density at radius 1 is 1.28 bits per heavy atom. The van der Waals surface area contributed by atoms with E-state index in [1.165, 1.54) is 37.1 Å². The molecular weight excluding hydrogens is 220 g/mol. The molecule has 1 unspecified atom stereocenters. The molecule has 0 spiro atoms. The number of hydrogen-bond donors (Lipinski definition) is 1. The molecule has 1 aliphatic heterocycles. The van der Waals surface area contributed by atoms with E-state index in [2.05, 4.69) is 48.3 Å². The van der Waals surface area contributed by atoms with Crippen LogP contribution in [-0.4, -0.2) is 25.7 Å². The van der Waals surface area contributed by atoms with Crippen molar-refractivity contribution in [2.45, 2.75) is 45.6 Å². The van der Waals surface area contributed by atoms with Gasteiger partial charge in [-0.15, -0.1) is 0 Å². The van der Waals surface area contributed by atoms with Crippen LogP contribution in [0.3, 0.4) is 0 Å². The van der Waals surface area contributed by atoms with Crippen LogP contribution in [0, 0.1) is 0 Å². The van der Waals surface area contributed by atoms with Crippen LogP contribution in [0.25, 0.3) is 0 Å². The smallest absolute Gasteiger partial charge is 0.0399 e. The first-order valence-corrected chi connectivity index (χ1v) is 7.41. The Hall–Kier alpha value is -1.02. The number of nitrogens with one attached hydrogen (secondary N) is 1. The predicted molar refractivity (Wildman–Crippen MR) is 79.3 cm³/mol. The fourth-order valence-electron chi connectivity index (χ4n) is 2.83. The van der Waals surface area contributed by atoms with Crippen LogP contribution in [0.5, 0.6) is 0 Å². The van der Waals surface area contributed by atoms with Crippen molar-refractivity contribution in [2.24, 2.45) is 0 Å². The third-order valence-electron chi connectivity index (χ3n) is 3.82. The van der Waals surface area contributed by atoms with Crippen molar-refractivity contribution in [3.8, 4) is 0 Å². The van der Waals surface area contributed by atoms with Gasteiger partial charge in [-0.25, -0.2) is 0 Å². The quantitative estimate of drug-likeness (QED) is 0.858. The Labute approximate surface area is 111 Å². The molecule has 2 rings (SSSR count). The van der Waals surface area contributed by atoms with Crippen LogP contribution in [0.2, 0.25) is 0 Å². The lowest BCUT2D eigenvalue weighted by atomic mass is 10.0. The van der Waals surface area contributed by atoms with Gasteiger partial charge in [0, 0.05) is 24.8 Å². The fraction of sp³-hybridized carbons (Fsp3) is 0.625. The second-order valence-corrected chi connectivity index (χ2v) is 5.22. The maximum absolute atomic E-state index is 3.67. The van der Waals surface area contributed by atoms with Crippen molar-refractivity contribution in [1.82, 2.24) is 5.32 Å². The second kappa shape index (κ2) is 6.79. The molecule has 1 aliphatic rings. The van der Waals surface area contributed by atoms with Crippen LogP contribution in [0.15, 0.2) is 24.3 Å². The normalized spacial score (nSPS) is 20.1. The summed E-state index contributed by atoms with van der Waals surface area (Å²) in [6, 6.07) is 9.53. The molecule has 1 heterocycles. The van der Waals surface area contributed by atoms with Gasteiger partial charge in [0.15, 0.2) is 0 Å². The Kier molecular flexibility index (Phi) is 5.06. The molecule has 100 valence electrons. The first kappa shape index (κ1) is 13.4. The molecule has 2 heteroatoms. The first-order valence-electron chi connectivity index (χ1n) is 7.41. The van der Waals surface area contributed by atoms with E-state index in [0.717, 1.165) is 19.5 Å². The van der Waals surface area contributed by atoms with Gasteiger partial charge >= 0.3 is 0 Å². The molecule has 2 nitrogen and oxygen atoms in total. The third kappa shape index (κ3) is 3.26. The summed E-state index contributed by atoms with van der Waals surface area (Å²) in [6.45, 7) is 8.00. The van der Waals surface area contributed by atoms with E-state index in [0.29, 0.717) is 6.04 Å². The minimum atomic E-state index is 0.670. The minimum Gasteiger partial charge on any atom is -0.370 e. The molecule has 1 aromatic rings. The van der Waals surface area contributed by atoms with Crippen LogP contribution >= 0.6 is 0 Å². The van der Waals surface area contributed by atoms with Crippen molar-refractivity contribution in [3.05, 3.63) is 29.8 Å². The Bertz CT molecular complexity index is 362. The lowest BCUT2D eigenvalue weighted by molar-refractivity contribution is 0.423. The Morgan fingerprint density at radius 3 is 2.89 bits per heavy atom. The van der Waals surface area contributed by atoms with Gasteiger partial charge in [-0.2, -0.15) is 0 Å². The fourth-order valence-corrected chi connectivity index (χ4v) is 2.83. The van der Waals surface area contributed by atoms with Crippen LogP contribution in [-0.2, 0) is 6.42 Å². The number of nitrogens with zero attached hydrogens (tertiary/aromatic N) is 1. The summed E-state index contributed by atoms with van der Waals surface area (Å²) < 4.78 is 0. The second-order valence-electron chi connectivity index (χ2n) is 5.22. The molecule has 0 saturated carbocycles. The van der Waals surface area contributed by atoms with Gasteiger partial charge in [-0.1, -0.05) is 32.0 Å². The monoisotopic (exact) mass is 246 g/mol. The highest BCUT2D eigenvalue weighted by Crippen LogP contribution is 2.24. The van der Waals surface area contributed by atoms with E-state index in [1.807, 2.05) is 0 Å². The largest absolute Gasteiger partial charge is 0.370 e. The van der Waals surface area contributed by atoms with Crippen LogP contribution in [0.1, 0.15) is 38.7 Å². The maximum Gasteiger partial charge on any atom is 0.0399 e. The van der Waals surface area contributed by atoms with E-state index in [9.17, 15) is 0 Å². The number of benzene rings is 1. The predicted octanol–water partition coefficient (Wildman–Crippen LogP) is 3.22. The highest BCUT2D eigenvalue weighted by Gasteiger charge is 2.20. The SMILES string of the molecule is CCCNC1CCCN(c2ccccc2CC)C1. The molecule has 0 aromatic heterocycles. The van der Waals surface area contributed by atoms with E-state index in [4.69, 9.17) is 0 Å². The van der Waals surface area contributed by atoms with Gasteiger partial charge in [0.2, 0.25) is 0 Å². The molecule has 0 amide bonds.